The monoisotopic (exact) mass is 300 g/mol. The predicted molar refractivity (Wildman–Crippen MR) is 87.6 cm³/mol. The van der Waals surface area contributed by atoms with E-state index >= 15 is 0 Å². The summed E-state index contributed by atoms with van der Waals surface area (Å²) in [7, 11) is 0. The molecule has 5 heteroatoms. The topological polar surface area (TPSA) is 43.1 Å². The van der Waals surface area contributed by atoms with Gasteiger partial charge in [0, 0.05) is 29.5 Å². The Hall–Kier alpha value is -1.88. The van der Waals surface area contributed by atoms with Crippen LogP contribution in [0, 0.1) is 13.8 Å². The van der Waals surface area contributed by atoms with Gasteiger partial charge in [0.05, 0.1) is 5.69 Å². The van der Waals surface area contributed by atoms with Gasteiger partial charge in [-0.25, -0.2) is 15.0 Å². The average molecular weight is 300 g/mol. The highest BCUT2D eigenvalue weighted by molar-refractivity contribution is 7.98. The molecule has 0 radical (unpaired) electrons. The van der Waals surface area contributed by atoms with Crippen LogP contribution in [0.15, 0.2) is 41.8 Å². The standard InChI is InChI=1S/C14H14N4S.C2H6/c1-10-7-11(2)16-14(15-10)19-9-12-8-18-6-4-3-5-13(18)17-12;1-2/h3-8H,9H2,1-2H3;1-2H3. The number of hydrogen-bond donors (Lipinski definition) is 0. The van der Waals surface area contributed by atoms with Gasteiger partial charge in [-0.15, -0.1) is 0 Å². The minimum Gasteiger partial charge on any atom is -0.307 e. The third-order valence-electron chi connectivity index (χ3n) is 2.72. The van der Waals surface area contributed by atoms with Crippen molar-refractivity contribution in [3.63, 3.8) is 0 Å². The van der Waals surface area contributed by atoms with Gasteiger partial charge >= 0.3 is 0 Å². The predicted octanol–water partition coefficient (Wildman–Crippen LogP) is 4.06. The summed E-state index contributed by atoms with van der Waals surface area (Å²) in [6, 6.07) is 7.97. The molecule has 0 amide bonds. The van der Waals surface area contributed by atoms with E-state index in [-0.39, 0.29) is 0 Å². The Morgan fingerprint density at radius 3 is 2.43 bits per heavy atom. The second-order valence-electron chi connectivity index (χ2n) is 4.42. The third-order valence-corrected chi connectivity index (χ3v) is 3.61. The van der Waals surface area contributed by atoms with E-state index in [0.29, 0.717) is 0 Å². The number of aromatic nitrogens is 4. The lowest BCUT2D eigenvalue weighted by atomic mass is 10.4. The fourth-order valence-corrected chi connectivity index (χ4v) is 2.79. The molecule has 110 valence electrons. The summed E-state index contributed by atoms with van der Waals surface area (Å²) in [6.45, 7) is 7.98. The second kappa shape index (κ2) is 7.22. The number of rotatable bonds is 3. The number of imidazole rings is 1. The molecule has 3 aromatic rings. The number of hydrogen-bond acceptors (Lipinski definition) is 4. The SMILES string of the molecule is CC.Cc1cc(C)nc(SCc2cn3ccccc3n2)n1. The zero-order valence-electron chi connectivity index (χ0n) is 12.9. The van der Waals surface area contributed by atoms with E-state index in [1.165, 1.54) is 0 Å². The highest BCUT2D eigenvalue weighted by Gasteiger charge is 2.04. The van der Waals surface area contributed by atoms with Crippen LogP contribution >= 0.6 is 11.8 Å². The minimum atomic E-state index is 0.782. The van der Waals surface area contributed by atoms with Crippen molar-refractivity contribution in [1.82, 2.24) is 19.4 Å². The molecule has 0 spiro atoms. The number of thioether (sulfide) groups is 1. The number of fused-ring (bicyclic) bond motifs is 1. The van der Waals surface area contributed by atoms with E-state index < -0.39 is 0 Å². The normalized spacial score (nSPS) is 10.3. The molecule has 0 aromatic carbocycles. The Balaban J connectivity index is 0.000000774. The molecule has 0 saturated heterocycles. The summed E-state index contributed by atoms with van der Waals surface area (Å²) >= 11 is 1.62. The molecule has 3 heterocycles. The summed E-state index contributed by atoms with van der Waals surface area (Å²) in [5.74, 6) is 0.782. The van der Waals surface area contributed by atoms with E-state index in [1.54, 1.807) is 11.8 Å². The van der Waals surface area contributed by atoms with Crippen molar-refractivity contribution >= 4 is 17.4 Å². The molecule has 0 unspecified atom stereocenters. The first kappa shape index (κ1) is 15.5. The van der Waals surface area contributed by atoms with Crippen LogP contribution in [-0.4, -0.2) is 19.4 Å². The van der Waals surface area contributed by atoms with Gasteiger partial charge in [0.25, 0.3) is 0 Å². The van der Waals surface area contributed by atoms with Crippen LogP contribution in [0.4, 0.5) is 0 Å². The van der Waals surface area contributed by atoms with Crippen molar-refractivity contribution < 1.29 is 0 Å². The zero-order chi connectivity index (χ0) is 15.2. The smallest absolute Gasteiger partial charge is 0.188 e. The van der Waals surface area contributed by atoms with Crippen LogP contribution in [0.1, 0.15) is 30.9 Å². The van der Waals surface area contributed by atoms with Gasteiger partial charge in [-0.3, -0.25) is 0 Å². The van der Waals surface area contributed by atoms with Crippen LogP contribution in [-0.2, 0) is 5.75 Å². The van der Waals surface area contributed by atoms with E-state index in [0.717, 1.165) is 33.6 Å². The molecule has 3 aromatic heterocycles. The highest BCUT2D eigenvalue weighted by Crippen LogP contribution is 2.19. The van der Waals surface area contributed by atoms with Gasteiger partial charge in [-0.05, 0) is 32.0 Å². The maximum Gasteiger partial charge on any atom is 0.188 e. The molecule has 0 bridgehead atoms. The first-order valence-electron chi connectivity index (χ1n) is 7.08. The molecule has 0 saturated carbocycles. The van der Waals surface area contributed by atoms with Crippen LogP contribution in [0.2, 0.25) is 0 Å². The Bertz CT molecular complexity index is 668. The molecule has 0 fully saturated rings. The van der Waals surface area contributed by atoms with Crippen LogP contribution in [0.5, 0.6) is 0 Å². The molecule has 0 aliphatic carbocycles. The largest absolute Gasteiger partial charge is 0.307 e. The van der Waals surface area contributed by atoms with E-state index in [2.05, 4.69) is 15.0 Å². The van der Waals surface area contributed by atoms with Crippen LogP contribution in [0.3, 0.4) is 0 Å². The number of nitrogens with zero attached hydrogens (tertiary/aromatic N) is 4. The van der Waals surface area contributed by atoms with Gasteiger partial charge < -0.3 is 4.40 Å². The van der Waals surface area contributed by atoms with Crippen LogP contribution in [0.25, 0.3) is 5.65 Å². The summed E-state index contributed by atoms with van der Waals surface area (Å²) in [4.78, 5) is 13.4. The molecule has 3 rings (SSSR count). The molecular formula is C16H20N4S. The molecule has 0 aliphatic heterocycles. The fraction of sp³-hybridized carbons (Fsp3) is 0.312. The molecule has 0 aliphatic rings. The third kappa shape index (κ3) is 4.04. The first-order valence-corrected chi connectivity index (χ1v) is 8.07. The van der Waals surface area contributed by atoms with Crippen molar-refractivity contribution in [2.45, 2.75) is 38.6 Å². The van der Waals surface area contributed by atoms with Gasteiger partial charge in [-0.2, -0.15) is 0 Å². The van der Waals surface area contributed by atoms with Crippen molar-refractivity contribution in [1.29, 1.82) is 0 Å². The van der Waals surface area contributed by atoms with Crippen molar-refractivity contribution in [3.05, 3.63) is 53.7 Å². The first-order chi connectivity index (χ1) is 10.2. The number of aryl methyl sites for hydroxylation is 2. The maximum absolute atomic E-state index is 4.56. The Labute approximate surface area is 129 Å². The fourth-order valence-electron chi connectivity index (χ4n) is 1.95. The molecule has 21 heavy (non-hydrogen) atoms. The zero-order valence-corrected chi connectivity index (χ0v) is 13.7. The van der Waals surface area contributed by atoms with Crippen molar-refractivity contribution in [2.24, 2.45) is 0 Å². The quantitative estimate of drug-likeness (QED) is 0.540. The molecule has 0 atom stereocenters. The van der Waals surface area contributed by atoms with E-state index in [9.17, 15) is 0 Å². The maximum atomic E-state index is 4.56. The number of pyridine rings is 1. The lowest BCUT2D eigenvalue weighted by Crippen LogP contribution is -1.93. The van der Waals surface area contributed by atoms with Crippen molar-refractivity contribution in [2.75, 3.05) is 0 Å². The molecule has 4 nitrogen and oxygen atoms in total. The summed E-state index contributed by atoms with van der Waals surface area (Å²) in [6.07, 6.45) is 4.05. The Morgan fingerprint density at radius 1 is 1.05 bits per heavy atom. The van der Waals surface area contributed by atoms with Gasteiger partial charge in [0.15, 0.2) is 5.16 Å². The van der Waals surface area contributed by atoms with Gasteiger partial charge in [-0.1, -0.05) is 31.7 Å². The van der Waals surface area contributed by atoms with Crippen molar-refractivity contribution in [3.8, 4) is 0 Å². The van der Waals surface area contributed by atoms with E-state index in [4.69, 9.17) is 0 Å². The molecule has 0 N–H and O–H groups in total. The van der Waals surface area contributed by atoms with Crippen LogP contribution < -0.4 is 0 Å². The lowest BCUT2D eigenvalue weighted by Gasteiger charge is -2.01. The minimum absolute atomic E-state index is 0.782. The molecular weight excluding hydrogens is 280 g/mol. The Kier molecular flexibility index (Phi) is 5.33. The van der Waals surface area contributed by atoms with Gasteiger partial charge in [0.2, 0.25) is 0 Å². The Morgan fingerprint density at radius 2 is 1.76 bits per heavy atom. The van der Waals surface area contributed by atoms with E-state index in [1.807, 2.05) is 68.8 Å². The van der Waals surface area contributed by atoms with Gasteiger partial charge in [0.1, 0.15) is 5.65 Å². The highest BCUT2D eigenvalue weighted by atomic mass is 32.2. The summed E-state index contributed by atoms with van der Waals surface area (Å²) in [5.41, 5.74) is 4.02. The average Bonchev–Trinajstić information content (AvgIpc) is 2.89. The summed E-state index contributed by atoms with van der Waals surface area (Å²) < 4.78 is 2.03. The second-order valence-corrected chi connectivity index (χ2v) is 5.36. The summed E-state index contributed by atoms with van der Waals surface area (Å²) in [5, 5.41) is 0.814. The lowest BCUT2D eigenvalue weighted by molar-refractivity contribution is 0.901.